The van der Waals surface area contributed by atoms with Gasteiger partial charge in [-0.05, 0) is 26.2 Å². The topological polar surface area (TPSA) is 84.7 Å². The first kappa shape index (κ1) is 19.4. The number of hydrogen-bond donors (Lipinski definition) is 1. The van der Waals surface area contributed by atoms with Crippen molar-refractivity contribution in [3.05, 3.63) is 17.0 Å². The van der Waals surface area contributed by atoms with E-state index in [0.717, 1.165) is 23.5 Å². The van der Waals surface area contributed by atoms with Crippen LogP contribution in [0.4, 0.5) is 0 Å². The number of carboxylic acids is 1. The van der Waals surface area contributed by atoms with Crippen LogP contribution in [-0.4, -0.2) is 57.5 Å². The van der Waals surface area contributed by atoms with E-state index in [1.807, 2.05) is 18.5 Å². The van der Waals surface area contributed by atoms with E-state index in [2.05, 4.69) is 18.9 Å². The van der Waals surface area contributed by atoms with Gasteiger partial charge in [0.2, 0.25) is 5.91 Å². The predicted octanol–water partition coefficient (Wildman–Crippen LogP) is 1.79. The first-order valence-electron chi connectivity index (χ1n) is 8.79. The van der Waals surface area contributed by atoms with Crippen LogP contribution in [0, 0.1) is 19.8 Å². The van der Waals surface area contributed by atoms with Crippen LogP contribution in [0.3, 0.4) is 0 Å². The van der Waals surface area contributed by atoms with Crippen molar-refractivity contribution in [1.82, 2.24) is 14.7 Å². The molecule has 0 radical (unpaired) electrons. The summed E-state index contributed by atoms with van der Waals surface area (Å²) in [5, 5.41) is 13.7. The molecule has 1 aromatic heterocycles. The maximum absolute atomic E-state index is 12.8. The second-order valence-corrected chi connectivity index (χ2v) is 7.29. The lowest BCUT2D eigenvalue weighted by Gasteiger charge is -2.23. The van der Waals surface area contributed by atoms with E-state index >= 15 is 0 Å². The standard InChI is InChI=1S/C18H29N3O4/c1-11(2)9-21-13(4)16(12(3)19-21)8-17(22)20-10-15(25-5)6-14(20)7-18(23)24/h11,14-15H,6-10H2,1-5H3,(H,23,24). The number of methoxy groups -OCH3 is 1. The van der Waals surface area contributed by atoms with E-state index < -0.39 is 5.97 Å². The number of nitrogens with zero attached hydrogens (tertiary/aromatic N) is 3. The maximum atomic E-state index is 12.8. The number of aryl methyl sites for hydroxylation is 1. The molecular weight excluding hydrogens is 322 g/mol. The van der Waals surface area contributed by atoms with Gasteiger partial charge in [0.25, 0.3) is 0 Å². The van der Waals surface area contributed by atoms with E-state index in [0.29, 0.717) is 18.9 Å². The maximum Gasteiger partial charge on any atom is 0.305 e. The third-order valence-electron chi connectivity index (χ3n) is 4.84. The van der Waals surface area contributed by atoms with Gasteiger partial charge in [0.1, 0.15) is 0 Å². The smallest absolute Gasteiger partial charge is 0.305 e. The van der Waals surface area contributed by atoms with E-state index in [-0.39, 0.29) is 30.9 Å². The molecule has 2 atom stereocenters. The van der Waals surface area contributed by atoms with Crippen molar-refractivity contribution < 1.29 is 19.4 Å². The van der Waals surface area contributed by atoms with Crippen molar-refractivity contribution in [1.29, 1.82) is 0 Å². The zero-order valence-corrected chi connectivity index (χ0v) is 15.8. The second-order valence-electron chi connectivity index (χ2n) is 7.29. The molecule has 2 heterocycles. The summed E-state index contributed by atoms with van der Waals surface area (Å²) in [6.07, 6.45) is 0.677. The molecule has 1 aliphatic rings. The number of ether oxygens (including phenoxy) is 1. The Labute approximate surface area is 148 Å². The molecule has 2 rings (SSSR count). The quantitative estimate of drug-likeness (QED) is 0.809. The van der Waals surface area contributed by atoms with Crippen LogP contribution in [-0.2, 0) is 27.3 Å². The highest BCUT2D eigenvalue weighted by molar-refractivity contribution is 5.81. The predicted molar refractivity (Wildman–Crippen MR) is 93.4 cm³/mol. The monoisotopic (exact) mass is 351 g/mol. The molecule has 1 N–H and O–H groups in total. The van der Waals surface area contributed by atoms with Gasteiger partial charge in [-0.3, -0.25) is 14.3 Å². The molecule has 0 bridgehead atoms. The lowest BCUT2D eigenvalue weighted by Crippen LogP contribution is -2.38. The van der Waals surface area contributed by atoms with Gasteiger partial charge in [-0.2, -0.15) is 5.10 Å². The normalized spacial score (nSPS) is 20.5. The first-order chi connectivity index (χ1) is 11.7. The van der Waals surface area contributed by atoms with Crippen molar-refractivity contribution in [3.63, 3.8) is 0 Å². The second kappa shape index (κ2) is 7.99. The van der Waals surface area contributed by atoms with Gasteiger partial charge in [0.15, 0.2) is 0 Å². The number of carboxylic acid groups (broad SMARTS) is 1. The van der Waals surface area contributed by atoms with Crippen LogP contribution in [0.1, 0.15) is 43.6 Å². The summed E-state index contributed by atoms with van der Waals surface area (Å²) in [4.78, 5) is 25.6. The molecule has 1 saturated heterocycles. The number of aliphatic carboxylic acids is 1. The van der Waals surface area contributed by atoms with Gasteiger partial charge in [-0.15, -0.1) is 0 Å². The van der Waals surface area contributed by atoms with E-state index in [9.17, 15) is 9.59 Å². The SMILES string of the molecule is COC1CC(CC(=O)O)N(C(=O)Cc2c(C)nn(CC(C)C)c2C)C1. The summed E-state index contributed by atoms with van der Waals surface area (Å²) in [6, 6.07) is -0.304. The van der Waals surface area contributed by atoms with Crippen LogP contribution in [0.5, 0.6) is 0 Å². The van der Waals surface area contributed by atoms with Gasteiger partial charge in [-0.25, -0.2) is 0 Å². The van der Waals surface area contributed by atoms with Crippen LogP contribution in [0.15, 0.2) is 0 Å². The lowest BCUT2D eigenvalue weighted by molar-refractivity contribution is -0.139. The summed E-state index contributed by atoms with van der Waals surface area (Å²) in [6.45, 7) is 9.44. The molecular formula is C18H29N3O4. The van der Waals surface area contributed by atoms with Crippen LogP contribution in [0.25, 0.3) is 0 Å². The van der Waals surface area contributed by atoms with Crippen molar-refractivity contribution >= 4 is 11.9 Å². The Morgan fingerprint density at radius 3 is 2.60 bits per heavy atom. The number of amides is 1. The summed E-state index contributed by atoms with van der Waals surface area (Å²) < 4.78 is 7.30. The van der Waals surface area contributed by atoms with Crippen LogP contribution in [0.2, 0.25) is 0 Å². The molecule has 140 valence electrons. The minimum absolute atomic E-state index is 0.0455. The molecule has 7 nitrogen and oxygen atoms in total. The van der Waals surface area contributed by atoms with Crippen LogP contribution >= 0.6 is 0 Å². The molecule has 0 saturated carbocycles. The Balaban J connectivity index is 2.15. The molecule has 1 fully saturated rings. The molecule has 0 aromatic carbocycles. The Kier molecular flexibility index (Phi) is 6.21. The number of carbonyl (C=O) groups excluding carboxylic acids is 1. The fraction of sp³-hybridized carbons (Fsp3) is 0.722. The minimum atomic E-state index is -0.892. The first-order valence-corrected chi connectivity index (χ1v) is 8.79. The van der Waals surface area contributed by atoms with Gasteiger partial charge in [-0.1, -0.05) is 13.8 Å². The highest BCUT2D eigenvalue weighted by atomic mass is 16.5. The molecule has 1 aromatic rings. The average Bonchev–Trinajstić information content (AvgIpc) is 3.02. The number of aromatic nitrogens is 2. The Hall–Kier alpha value is -1.89. The summed E-state index contributed by atoms with van der Waals surface area (Å²) in [5.74, 6) is -0.472. The van der Waals surface area contributed by atoms with E-state index in [1.165, 1.54) is 0 Å². The molecule has 0 spiro atoms. The Morgan fingerprint density at radius 1 is 1.36 bits per heavy atom. The minimum Gasteiger partial charge on any atom is -0.481 e. The highest BCUT2D eigenvalue weighted by Gasteiger charge is 2.36. The highest BCUT2D eigenvalue weighted by Crippen LogP contribution is 2.25. The molecule has 25 heavy (non-hydrogen) atoms. The summed E-state index contributed by atoms with van der Waals surface area (Å²) in [5.41, 5.74) is 2.82. The van der Waals surface area contributed by atoms with Gasteiger partial charge in [0.05, 0.1) is 24.6 Å². The number of rotatable bonds is 7. The van der Waals surface area contributed by atoms with Crippen molar-refractivity contribution in [2.75, 3.05) is 13.7 Å². The molecule has 1 aliphatic heterocycles. The zero-order chi connectivity index (χ0) is 18.7. The molecule has 7 heteroatoms. The van der Waals surface area contributed by atoms with Gasteiger partial charge >= 0.3 is 5.97 Å². The zero-order valence-electron chi connectivity index (χ0n) is 15.8. The van der Waals surface area contributed by atoms with Crippen molar-refractivity contribution in [3.8, 4) is 0 Å². The molecule has 1 amide bonds. The van der Waals surface area contributed by atoms with Gasteiger partial charge in [0, 0.05) is 37.5 Å². The third kappa shape index (κ3) is 4.60. The fourth-order valence-electron chi connectivity index (χ4n) is 3.51. The summed E-state index contributed by atoms with van der Waals surface area (Å²) >= 11 is 0. The van der Waals surface area contributed by atoms with E-state index in [1.54, 1.807) is 12.0 Å². The molecule has 2 unspecified atom stereocenters. The van der Waals surface area contributed by atoms with Crippen LogP contribution < -0.4 is 0 Å². The number of carbonyl (C=O) groups is 2. The fourth-order valence-corrected chi connectivity index (χ4v) is 3.51. The van der Waals surface area contributed by atoms with Gasteiger partial charge < -0.3 is 14.7 Å². The third-order valence-corrected chi connectivity index (χ3v) is 4.84. The number of likely N-dealkylation sites (tertiary alicyclic amines) is 1. The van der Waals surface area contributed by atoms with Crippen molar-refractivity contribution in [2.24, 2.45) is 5.92 Å². The Bertz CT molecular complexity index is 639. The lowest BCUT2D eigenvalue weighted by atomic mass is 10.1. The number of hydrogen-bond acceptors (Lipinski definition) is 4. The van der Waals surface area contributed by atoms with Crippen molar-refractivity contribution in [2.45, 2.75) is 65.6 Å². The summed E-state index contributed by atoms with van der Waals surface area (Å²) in [7, 11) is 1.60. The van der Waals surface area contributed by atoms with E-state index in [4.69, 9.17) is 9.84 Å². The molecule has 0 aliphatic carbocycles. The average molecular weight is 351 g/mol. The Morgan fingerprint density at radius 2 is 2.04 bits per heavy atom. The largest absolute Gasteiger partial charge is 0.481 e.